The molecule has 0 fully saturated rings. The SMILES string of the molecule is CC(NC(=O)C(N)Cc1c[nH]c2ccccc12)C(=O)NC(Cc1ccc(O)cc1)C(=O)O. The number of aromatic nitrogens is 1. The van der Waals surface area contributed by atoms with Crippen LogP contribution in [-0.2, 0) is 27.2 Å². The van der Waals surface area contributed by atoms with Gasteiger partial charge >= 0.3 is 5.97 Å². The number of aromatic hydroxyl groups is 1. The number of para-hydroxylation sites is 1. The van der Waals surface area contributed by atoms with Gasteiger partial charge in [-0.2, -0.15) is 0 Å². The van der Waals surface area contributed by atoms with Gasteiger partial charge in [0.1, 0.15) is 17.8 Å². The van der Waals surface area contributed by atoms with Crippen LogP contribution in [-0.4, -0.2) is 51.1 Å². The van der Waals surface area contributed by atoms with Crippen molar-refractivity contribution < 1.29 is 24.6 Å². The number of aliphatic carboxylic acids is 1. The molecule has 7 N–H and O–H groups in total. The quantitative estimate of drug-likeness (QED) is 0.293. The van der Waals surface area contributed by atoms with E-state index < -0.39 is 35.9 Å². The molecule has 0 radical (unpaired) electrons. The molecule has 3 atom stereocenters. The summed E-state index contributed by atoms with van der Waals surface area (Å²) in [4.78, 5) is 39.7. The van der Waals surface area contributed by atoms with Crippen molar-refractivity contribution in [3.05, 3.63) is 65.9 Å². The average molecular weight is 438 g/mol. The van der Waals surface area contributed by atoms with Gasteiger partial charge in [-0.3, -0.25) is 9.59 Å². The van der Waals surface area contributed by atoms with E-state index in [1.54, 1.807) is 18.3 Å². The topological polar surface area (TPSA) is 158 Å². The van der Waals surface area contributed by atoms with Crippen LogP contribution in [0.1, 0.15) is 18.1 Å². The molecule has 0 bridgehead atoms. The van der Waals surface area contributed by atoms with Gasteiger partial charge in [0, 0.05) is 23.5 Å². The van der Waals surface area contributed by atoms with E-state index in [2.05, 4.69) is 15.6 Å². The molecule has 1 aromatic heterocycles. The fraction of sp³-hybridized carbons (Fsp3) is 0.261. The number of fused-ring (bicyclic) bond motifs is 1. The van der Waals surface area contributed by atoms with Crippen LogP contribution in [0.15, 0.2) is 54.7 Å². The fourth-order valence-corrected chi connectivity index (χ4v) is 3.38. The van der Waals surface area contributed by atoms with Crippen LogP contribution in [0.4, 0.5) is 0 Å². The van der Waals surface area contributed by atoms with Crippen LogP contribution in [0.5, 0.6) is 5.75 Å². The van der Waals surface area contributed by atoms with Crippen molar-refractivity contribution in [3.8, 4) is 5.75 Å². The molecule has 168 valence electrons. The van der Waals surface area contributed by atoms with E-state index in [0.717, 1.165) is 16.5 Å². The molecule has 3 unspecified atom stereocenters. The van der Waals surface area contributed by atoms with E-state index in [4.69, 9.17) is 5.73 Å². The number of nitrogens with two attached hydrogens (primary N) is 1. The van der Waals surface area contributed by atoms with E-state index >= 15 is 0 Å². The maximum absolute atomic E-state index is 12.5. The van der Waals surface area contributed by atoms with Gasteiger partial charge in [0.2, 0.25) is 11.8 Å². The monoisotopic (exact) mass is 438 g/mol. The lowest BCUT2D eigenvalue weighted by molar-refractivity contribution is -0.142. The summed E-state index contributed by atoms with van der Waals surface area (Å²) in [6.45, 7) is 1.46. The largest absolute Gasteiger partial charge is 0.508 e. The number of hydrogen-bond acceptors (Lipinski definition) is 5. The van der Waals surface area contributed by atoms with Gasteiger partial charge in [0.15, 0.2) is 0 Å². The molecule has 0 aliphatic rings. The minimum atomic E-state index is -1.21. The second-order valence-corrected chi connectivity index (χ2v) is 7.67. The van der Waals surface area contributed by atoms with E-state index in [-0.39, 0.29) is 18.6 Å². The van der Waals surface area contributed by atoms with Crippen LogP contribution < -0.4 is 16.4 Å². The molecule has 1 heterocycles. The number of amides is 2. The highest BCUT2D eigenvalue weighted by Gasteiger charge is 2.26. The highest BCUT2D eigenvalue weighted by molar-refractivity contribution is 5.92. The first-order chi connectivity index (χ1) is 15.2. The third-order valence-electron chi connectivity index (χ3n) is 5.19. The highest BCUT2D eigenvalue weighted by Crippen LogP contribution is 2.18. The van der Waals surface area contributed by atoms with E-state index in [0.29, 0.717) is 5.56 Å². The lowest BCUT2D eigenvalue weighted by Crippen LogP contribution is -2.54. The Morgan fingerprint density at radius 1 is 1.00 bits per heavy atom. The number of carbonyl (C=O) groups is 3. The van der Waals surface area contributed by atoms with Crippen molar-refractivity contribution >= 4 is 28.7 Å². The molecule has 3 aromatic rings. The maximum atomic E-state index is 12.5. The summed E-state index contributed by atoms with van der Waals surface area (Å²) >= 11 is 0. The van der Waals surface area contributed by atoms with Crippen LogP contribution in [0.2, 0.25) is 0 Å². The number of carboxylic acids is 1. The minimum Gasteiger partial charge on any atom is -0.508 e. The second-order valence-electron chi connectivity index (χ2n) is 7.67. The lowest BCUT2D eigenvalue weighted by Gasteiger charge is -2.20. The molecule has 2 aromatic carbocycles. The van der Waals surface area contributed by atoms with Crippen LogP contribution in [0.3, 0.4) is 0 Å². The molecule has 0 saturated heterocycles. The Bertz CT molecular complexity index is 1110. The maximum Gasteiger partial charge on any atom is 0.326 e. The molecule has 3 rings (SSSR count). The van der Waals surface area contributed by atoms with Crippen LogP contribution in [0.25, 0.3) is 10.9 Å². The number of rotatable bonds is 9. The number of hydrogen-bond donors (Lipinski definition) is 6. The van der Waals surface area contributed by atoms with Gasteiger partial charge in [-0.05, 0) is 42.7 Å². The fourth-order valence-electron chi connectivity index (χ4n) is 3.38. The number of phenols is 1. The summed E-state index contributed by atoms with van der Waals surface area (Å²) < 4.78 is 0. The Morgan fingerprint density at radius 3 is 2.38 bits per heavy atom. The average Bonchev–Trinajstić information content (AvgIpc) is 3.17. The third kappa shape index (κ3) is 5.64. The molecule has 32 heavy (non-hydrogen) atoms. The zero-order chi connectivity index (χ0) is 23.3. The van der Waals surface area contributed by atoms with Crippen molar-refractivity contribution in [2.24, 2.45) is 5.73 Å². The molecule has 9 heteroatoms. The van der Waals surface area contributed by atoms with E-state index in [9.17, 15) is 24.6 Å². The summed E-state index contributed by atoms with van der Waals surface area (Å²) in [7, 11) is 0. The second kappa shape index (κ2) is 9.97. The van der Waals surface area contributed by atoms with Crippen molar-refractivity contribution in [1.82, 2.24) is 15.6 Å². The lowest BCUT2D eigenvalue weighted by atomic mass is 10.0. The van der Waals surface area contributed by atoms with Crippen molar-refractivity contribution in [1.29, 1.82) is 0 Å². The summed E-state index contributed by atoms with van der Waals surface area (Å²) in [6, 6.07) is 10.6. The van der Waals surface area contributed by atoms with Gasteiger partial charge in [0.05, 0.1) is 6.04 Å². The predicted octanol–water partition coefficient (Wildman–Crippen LogP) is 1.06. The molecule has 0 aliphatic heterocycles. The van der Waals surface area contributed by atoms with Gasteiger partial charge < -0.3 is 31.6 Å². The predicted molar refractivity (Wildman–Crippen MR) is 119 cm³/mol. The standard InChI is InChI=1S/C23H26N4O5/c1-13(21(29)27-20(23(31)32)10-14-6-8-16(28)9-7-14)26-22(30)18(24)11-15-12-25-19-5-3-2-4-17(15)19/h2-9,12-13,18,20,25,28H,10-11,24H2,1H3,(H,26,30)(H,27,29)(H,31,32). The Balaban J connectivity index is 1.56. The Morgan fingerprint density at radius 2 is 1.69 bits per heavy atom. The first kappa shape index (κ1) is 22.8. The number of aromatic amines is 1. The molecular formula is C23H26N4O5. The highest BCUT2D eigenvalue weighted by atomic mass is 16.4. The molecule has 2 amide bonds. The number of carbonyl (C=O) groups excluding carboxylic acids is 2. The Hall–Kier alpha value is -3.85. The number of carboxylic acid groups (broad SMARTS) is 1. The minimum absolute atomic E-state index is 0.0299. The molecule has 9 nitrogen and oxygen atoms in total. The first-order valence-corrected chi connectivity index (χ1v) is 10.2. The molecule has 0 aliphatic carbocycles. The first-order valence-electron chi connectivity index (χ1n) is 10.2. The Kier molecular flexibility index (Phi) is 7.11. The van der Waals surface area contributed by atoms with Crippen molar-refractivity contribution in [3.63, 3.8) is 0 Å². The molecule has 0 spiro atoms. The third-order valence-corrected chi connectivity index (χ3v) is 5.19. The van der Waals surface area contributed by atoms with Gasteiger partial charge in [-0.1, -0.05) is 30.3 Å². The van der Waals surface area contributed by atoms with Gasteiger partial charge in [0.25, 0.3) is 0 Å². The van der Waals surface area contributed by atoms with Crippen molar-refractivity contribution in [2.75, 3.05) is 0 Å². The van der Waals surface area contributed by atoms with Crippen LogP contribution >= 0.6 is 0 Å². The summed E-state index contributed by atoms with van der Waals surface area (Å²) in [5, 5.41) is 24.7. The van der Waals surface area contributed by atoms with Gasteiger partial charge in [-0.25, -0.2) is 4.79 Å². The zero-order valence-electron chi connectivity index (χ0n) is 17.5. The van der Waals surface area contributed by atoms with E-state index in [1.165, 1.54) is 19.1 Å². The molecular weight excluding hydrogens is 412 g/mol. The van der Waals surface area contributed by atoms with E-state index in [1.807, 2.05) is 24.3 Å². The number of benzene rings is 2. The normalized spacial score (nSPS) is 13.8. The zero-order valence-corrected chi connectivity index (χ0v) is 17.5. The summed E-state index contributed by atoms with van der Waals surface area (Å²) in [5.41, 5.74) is 8.50. The number of nitrogens with one attached hydrogen (secondary N) is 3. The summed E-state index contributed by atoms with van der Waals surface area (Å²) in [6.07, 6.45) is 2.11. The Labute approximate surface area is 184 Å². The molecule has 0 saturated carbocycles. The number of H-pyrrole nitrogens is 1. The van der Waals surface area contributed by atoms with Gasteiger partial charge in [-0.15, -0.1) is 0 Å². The summed E-state index contributed by atoms with van der Waals surface area (Å²) in [5.74, 6) is -2.29. The smallest absolute Gasteiger partial charge is 0.326 e. The van der Waals surface area contributed by atoms with Crippen LogP contribution in [0, 0.1) is 0 Å². The number of phenolic OH excluding ortho intramolecular Hbond substituents is 1. The van der Waals surface area contributed by atoms with Crippen molar-refractivity contribution in [2.45, 2.75) is 37.9 Å².